The molecule has 10 heavy (non-hydrogen) atoms. The SMILES string of the molecule is [CH2-]CN1CCC[C@H]1CO.[Y]. The average Bonchev–Trinajstić information content (AvgIpc) is 2.33. The van der Waals surface area contributed by atoms with E-state index >= 15 is 0 Å². The molecule has 1 heterocycles. The van der Waals surface area contributed by atoms with Gasteiger partial charge in [0.15, 0.2) is 0 Å². The van der Waals surface area contributed by atoms with Gasteiger partial charge in [0.25, 0.3) is 0 Å². The first-order valence-electron chi connectivity index (χ1n) is 3.52. The van der Waals surface area contributed by atoms with Gasteiger partial charge in [-0.2, -0.15) is 0 Å². The molecule has 0 aromatic heterocycles. The molecule has 57 valence electrons. The van der Waals surface area contributed by atoms with Gasteiger partial charge in [0, 0.05) is 38.8 Å². The van der Waals surface area contributed by atoms with Crippen molar-refractivity contribution in [2.75, 3.05) is 19.7 Å². The Morgan fingerprint density at radius 1 is 1.60 bits per heavy atom. The van der Waals surface area contributed by atoms with Crippen LogP contribution in [0, 0.1) is 6.92 Å². The first kappa shape index (κ1) is 11.0. The molecular weight excluding hydrogens is 203 g/mol. The van der Waals surface area contributed by atoms with Crippen LogP contribution in [-0.4, -0.2) is 35.7 Å². The number of nitrogens with zero attached hydrogens (tertiary/aromatic N) is 1. The van der Waals surface area contributed by atoms with Crippen molar-refractivity contribution < 1.29 is 37.8 Å². The molecule has 1 N–H and O–H groups in total. The topological polar surface area (TPSA) is 23.5 Å². The Bertz CT molecular complexity index is 79.7. The average molecular weight is 217 g/mol. The van der Waals surface area contributed by atoms with E-state index in [1.165, 1.54) is 6.42 Å². The summed E-state index contributed by atoms with van der Waals surface area (Å²) < 4.78 is 0. The molecule has 0 aliphatic carbocycles. The number of hydrogen-bond acceptors (Lipinski definition) is 2. The molecule has 0 aromatic rings. The molecular formula is C7H14NOY-. The van der Waals surface area contributed by atoms with Gasteiger partial charge in [-0.05, 0) is 19.4 Å². The van der Waals surface area contributed by atoms with E-state index < -0.39 is 0 Å². The van der Waals surface area contributed by atoms with Gasteiger partial charge in [-0.25, -0.2) is 0 Å². The van der Waals surface area contributed by atoms with E-state index in [-0.39, 0.29) is 32.7 Å². The third-order valence-corrected chi connectivity index (χ3v) is 2.00. The Labute approximate surface area is 87.9 Å². The zero-order valence-electron chi connectivity index (χ0n) is 6.29. The van der Waals surface area contributed by atoms with Crippen molar-refractivity contribution in [2.24, 2.45) is 0 Å². The zero-order valence-corrected chi connectivity index (χ0v) is 9.13. The van der Waals surface area contributed by atoms with Crippen molar-refractivity contribution in [3.63, 3.8) is 0 Å². The monoisotopic (exact) mass is 217 g/mol. The molecule has 0 amide bonds. The van der Waals surface area contributed by atoms with E-state index in [0.717, 1.165) is 19.5 Å². The molecule has 0 saturated carbocycles. The second kappa shape index (κ2) is 5.65. The fourth-order valence-corrected chi connectivity index (χ4v) is 1.40. The summed E-state index contributed by atoms with van der Waals surface area (Å²) in [4.78, 5) is 2.22. The predicted octanol–water partition coefficient (Wildman–Crippen LogP) is 0.275. The molecule has 1 aliphatic heterocycles. The molecule has 1 rings (SSSR count). The largest absolute Gasteiger partial charge is 0.395 e. The van der Waals surface area contributed by atoms with Crippen molar-refractivity contribution in [3.8, 4) is 0 Å². The summed E-state index contributed by atoms with van der Waals surface area (Å²) in [7, 11) is 0. The van der Waals surface area contributed by atoms with E-state index in [9.17, 15) is 0 Å². The van der Waals surface area contributed by atoms with Crippen LogP contribution in [-0.2, 0) is 32.7 Å². The molecule has 1 atom stereocenters. The second-order valence-electron chi connectivity index (χ2n) is 2.51. The van der Waals surface area contributed by atoms with Crippen LogP contribution >= 0.6 is 0 Å². The van der Waals surface area contributed by atoms with Gasteiger partial charge in [0.1, 0.15) is 0 Å². The number of hydrogen-bond donors (Lipinski definition) is 1. The molecule has 1 fully saturated rings. The van der Waals surface area contributed by atoms with E-state index in [1.807, 2.05) is 0 Å². The van der Waals surface area contributed by atoms with E-state index in [1.54, 1.807) is 0 Å². The van der Waals surface area contributed by atoms with E-state index in [2.05, 4.69) is 11.8 Å². The van der Waals surface area contributed by atoms with Gasteiger partial charge < -0.3 is 16.9 Å². The van der Waals surface area contributed by atoms with E-state index in [0.29, 0.717) is 12.6 Å². The first-order valence-corrected chi connectivity index (χ1v) is 3.52. The Morgan fingerprint density at radius 2 is 2.30 bits per heavy atom. The van der Waals surface area contributed by atoms with Crippen molar-refractivity contribution in [1.29, 1.82) is 0 Å². The maximum atomic E-state index is 8.80. The van der Waals surface area contributed by atoms with Crippen LogP contribution in [0.25, 0.3) is 0 Å². The minimum absolute atomic E-state index is 0. The summed E-state index contributed by atoms with van der Waals surface area (Å²) in [6, 6.07) is 0.405. The van der Waals surface area contributed by atoms with Crippen LogP contribution in [0.5, 0.6) is 0 Å². The number of likely N-dealkylation sites (tertiary alicyclic amines) is 1. The van der Waals surface area contributed by atoms with Gasteiger partial charge >= 0.3 is 0 Å². The quantitative estimate of drug-likeness (QED) is 0.671. The normalized spacial score (nSPS) is 26.4. The maximum absolute atomic E-state index is 8.80. The molecule has 0 aromatic carbocycles. The van der Waals surface area contributed by atoms with Gasteiger partial charge in [-0.1, -0.05) is 0 Å². The summed E-state index contributed by atoms with van der Waals surface area (Å²) in [6.45, 7) is 6.04. The fourth-order valence-electron chi connectivity index (χ4n) is 1.40. The summed E-state index contributed by atoms with van der Waals surface area (Å²) in [5.41, 5.74) is 0. The molecule has 1 radical (unpaired) electrons. The van der Waals surface area contributed by atoms with Crippen LogP contribution in [0.4, 0.5) is 0 Å². The van der Waals surface area contributed by atoms with Crippen LogP contribution in [0.2, 0.25) is 0 Å². The Morgan fingerprint density at radius 3 is 2.70 bits per heavy atom. The smallest absolute Gasteiger partial charge is 0.0585 e. The summed E-state index contributed by atoms with van der Waals surface area (Å²) >= 11 is 0. The molecule has 0 spiro atoms. The summed E-state index contributed by atoms with van der Waals surface area (Å²) in [5.74, 6) is 0. The first-order chi connectivity index (χ1) is 4.38. The Kier molecular flexibility index (Phi) is 6.22. The minimum Gasteiger partial charge on any atom is -0.395 e. The van der Waals surface area contributed by atoms with Crippen LogP contribution in [0.15, 0.2) is 0 Å². The Hall–Kier alpha value is 1.02. The van der Waals surface area contributed by atoms with Crippen LogP contribution in [0.1, 0.15) is 12.8 Å². The zero-order chi connectivity index (χ0) is 6.69. The maximum Gasteiger partial charge on any atom is 0.0585 e. The molecule has 0 unspecified atom stereocenters. The molecule has 2 nitrogen and oxygen atoms in total. The number of rotatable bonds is 2. The van der Waals surface area contributed by atoms with Gasteiger partial charge in [0.2, 0.25) is 0 Å². The van der Waals surface area contributed by atoms with Crippen molar-refractivity contribution in [2.45, 2.75) is 18.9 Å². The van der Waals surface area contributed by atoms with Crippen LogP contribution < -0.4 is 0 Å². The summed E-state index contributed by atoms with van der Waals surface area (Å²) in [5, 5.41) is 8.80. The number of aliphatic hydroxyl groups excluding tert-OH is 1. The second-order valence-corrected chi connectivity index (χ2v) is 2.51. The third kappa shape index (κ3) is 2.57. The molecule has 0 bridgehead atoms. The van der Waals surface area contributed by atoms with Crippen molar-refractivity contribution in [3.05, 3.63) is 6.92 Å². The predicted molar refractivity (Wildman–Crippen MR) is 37.0 cm³/mol. The van der Waals surface area contributed by atoms with Gasteiger partial charge in [-0.3, -0.25) is 0 Å². The van der Waals surface area contributed by atoms with Gasteiger partial charge in [0.05, 0.1) is 6.61 Å². The van der Waals surface area contributed by atoms with E-state index in [4.69, 9.17) is 5.11 Å². The van der Waals surface area contributed by atoms with Crippen LogP contribution in [0.3, 0.4) is 0 Å². The number of aliphatic hydroxyl groups is 1. The van der Waals surface area contributed by atoms with Crippen molar-refractivity contribution in [1.82, 2.24) is 4.90 Å². The standard InChI is InChI=1S/C7H14NO.Y/c1-2-8-5-3-4-7(8)6-9;/h7,9H,1-6H2;/q-1;/t7-;/m0./s1. The fraction of sp³-hybridized carbons (Fsp3) is 0.857. The molecule has 3 heteroatoms. The third-order valence-electron chi connectivity index (χ3n) is 2.00. The van der Waals surface area contributed by atoms with Crippen molar-refractivity contribution >= 4 is 0 Å². The summed E-state index contributed by atoms with van der Waals surface area (Å²) in [6.07, 6.45) is 2.37. The van der Waals surface area contributed by atoms with Gasteiger partial charge in [-0.15, -0.1) is 6.54 Å². The Balaban J connectivity index is 0.000000810. The molecule has 1 aliphatic rings. The minimum atomic E-state index is 0. The molecule has 1 saturated heterocycles.